The molecule has 3 rings (SSSR count). The van der Waals surface area contributed by atoms with Crippen molar-refractivity contribution >= 4 is 23.4 Å². The molecule has 2 aromatic rings. The number of benzene rings is 2. The van der Waals surface area contributed by atoms with Crippen LogP contribution in [0.3, 0.4) is 0 Å². The minimum Gasteiger partial charge on any atom is -0.497 e. The van der Waals surface area contributed by atoms with Gasteiger partial charge in [-0.05, 0) is 56.7 Å². The lowest BCUT2D eigenvalue weighted by atomic mass is 10.0. The Labute approximate surface area is 170 Å². The van der Waals surface area contributed by atoms with Crippen LogP contribution < -0.4 is 4.74 Å². The number of carbonyl (C=O) groups excluding carboxylic acids is 1. The summed E-state index contributed by atoms with van der Waals surface area (Å²) in [5.74, 6) is 0.659. The highest BCUT2D eigenvalue weighted by molar-refractivity contribution is 6.30. The van der Waals surface area contributed by atoms with E-state index in [0.29, 0.717) is 16.5 Å². The molecule has 0 bridgehead atoms. The Hall–Kier alpha value is -2.50. The minimum atomic E-state index is -0.894. The third-order valence-electron chi connectivity index (χ3n) is 4.36. The zero-order valence-electron chi connectivity index (χ0n) is 16.3. The third-order valence-corrected chi connectivity index (χ3v) is 4.61. The quantitative estimate of drug-likeness (QED) is 0.782. The second-order valence-electron chi connectivity index (χ2n) is 7.62. The molecular weight excluding hydrogens is 378 g/mol. The Kier molecular flexibility index (Phi) is 5.68. The van der Waals surface area contributed by atoms with E-state index < -0.39 is 23.8 Å². The van der Waals surface area contributed by atoms with Gasteiger partial charge in [-0.15, -0.1) is 0 Å². The van der Waals surface area contributed by atoms with E-state index in [4.69, 9.17) is 21.1 Å². The molecule has 1 N–H and O–H groups in total. The SMILES string of the molecule is COc1cccc(C2=C[C@@H](O)[C@H](c3ccc(Cl)cc3)N2C(=O)OC(C)(C)C)c1. The summed E-state index contributed by atoms with van der Waals surface area (Å²) >= 11 is 6.00. The van der Waals surface area contributed by atoms with Gasteiger partial charge in [-0.25, -0.2) is 4.79 Å². The van der Waals surface area contributed by atoms with E-state index in [1.807, 2.05) is 45.0 Å². The summed E-state index contributed by atoms with van der Waals surface area (Å²) in [6.07, 6.45) is 0.241. The number of rotatable bonds is 3. The average Bonchev–Trinajstić information content (AvgIpc) is 2.98. The predicted octanol–water partition coefficient (Wildman–Crippen LogP) is 5.04. The lowest BCUT2D eigenvalue weighted by Gasteiger charge is -2.32. The summed E-state index contributed by atoms with van der Waals surface area (Å²) in [6.45, 7) is 5.43. The van der Waals surface area contributed by atoms with E-state index in [-0.39, 0.29) is 0 Å². The number of nitrogens with zero attached hydrogens (tertiary/aromatic N) is 1. The van der Waals surface area contributed by atoms with E-state index in [1.165, 1.54) is 4.90 Å². The van der Waals surface area contributed by atoms with Gasteiger partial charge in [0.05, 0.1) is 25.0 Å². The van der Waals surface area contributed by atoms with Crippen LogP contribution in [0.25, 0.3) is 5.70 Å². The van der Waals surface area contributed by atoms with Crippen molar-refractivity contribution in [2.24, 2.45) is 0 Å². The van der Waals surface area contributed by atoms with Crippen LogP contribution in [0.15, 0.2) is 54.6 Å². The summed E-state index contributed by atoms with van der Waals surface area (Å²) in [7, 11) is 1.58. The first-order valence-corrected chi connectivity index (χ1v) is 9.39. The first-order chi connectivity index (χ1) is 13.2. The topological polar surface area (TPSA) is 59.0 Å². The molecular formula is C22H24ClNO4. The number of ether oxygens (including phenoxy) is 2. The van der Waals surface area contributed by atoms with Crippen molar-refractivity contribution in [2.75, 3.05) is 7.11 Å². The van der Waals surface area contributed by atoms with E-state index in [9.17, 15) is 9.90 Å². The zero-order chi connectivity index (χ0) is 20.5. The number of aliphatic hydroxyl groups is 1. The maximum absolute atomic E-state index is 13.1. The van der Waals surface area contributed by atoms with Gasteiger partial charge in [0.25, 0.3) is 0 Å². The minimum absolute atomic E-state index is 0.530. The zero-order valence-corrected chi connectivity index (χ0v) is 17.1. The predicted molar refractivity (Wildman–Crippen MR) is 109 cm³/mol. The molecule has 5 nitrogen and oxygen atoms in total. The van der Waals surface area contributed by atoms with E-state index in [1.54, 1.807) is 37.5 Å². The fourth-order valence-electron chi connectivity index (χ4n) is 3.18. The molecule has 0 saturated carbocycles. The van der Waals surface area contributed by atoms with Crippen LogP contribution in [0.1, 0.15) is 37.9 Å². The Balaban J connectivity index is 2.05. The van der Waals surface area contributed by atoms with Crippen molar-refractivity contribution in [2.45, 2.75) is 38.5 Å². The Morgan fingerprint density at radius 2 is 1.82 bits per heavy atom. The molecule has 148 valence electrons. The van der Waals surface area contributed by atoms with Gasteiger partial charge < -0.3 is 14.6 Å². The van der Waals surface area contributed by atoms with E-state index >= 15 is 0 Å². The fraction of sp³-hybridized carbons (Fsp3) is 0.318. The first kappa shape index (κ1) is 20.2. The summed E-state index contributed by atoms with van der Waals surface area (Å²) in [6, 6.07) is 13.8. The van der Waals surface area contributed by atoms with Crippen LogP contribution in [0.5, 0.6) is 5.75 Å². The molecule has 2 aromatic carbocycles. The Morgan fingerprint density at radius 3 is 2.43 bits per heavy atom. The van der Waals surface area contributed by atoms with Gasteiger partial charge in [0.2, 0.25) is 0 Å². The van der Waals surface area contributed by atoms with Crippen molar-refractivity contribution in [3.63, 3.8) is 0 Å². The Morgan fingerprint density at radius 1 is 1.14 bits per heavy atom. The fourth-order valence-corrected chi connectivity index (χ4v) is 3.31. The van der Waals surface area contributed by atoms with Gasteiger partial charge >= 0.3 is 6.09 Å². The second kappa shape index (κ2) is 7.86. The van der Waals surface area contributed by atoms with Gasteiger partial charge in [-0.1, -0.05) is 35.9 Å². The maximum Gasteiger partial charge on any atom is 0.415 e. The second-order valence-corrected chi connectivity index (χ2v) is 8.06. The average molecular weight is 402 g/mol. The molecule has 0 radical (unpaired) electrons. The molecule has 6 heteroatoms. The maximum atomic E-state index is 13.1. The van der Waals surface area contributed by atoms with E-state index in [2.05, 4.69) is 0 Å². The van der Waals surface area contributed by atoms with Crippen LogP contribution in [-0.4, -0.2) is 34.9 Å². The molecule has 1 amide bonds. The molecule has 2 atom stereocenters. The summed E-state index contributed by atoms with van der Waals surface area (Å²) in [5.41, 5.74) is 1.41. The summed E-state index contributed by atoms with van der Waals surface area (Å²) < 4.78 is 10.9. The van der Waals surface area contributed by atoms with Crippen LogP contribution in [-0.2, 0) is 4.74 Å². The van der Waals surface area contributed by atoms with Crippen LogP contribution in [0.4, 0.5) is 4.79 Å². The van der Waals surface area contributed by atoms with Gasteiger partial charge in [0.1, 0.15) is 11.4 Å². The van der Waals surface area contributed by atoms with Crippen molar-refractivity contribution in [3.8, 4) is 5.75 Å². The van der Waals surface area contributed by atoms with Crippen molar-refractivity contribution in [3.05, 3.63) is 70.8 Å². The molecule has 28 heavy (non-hydrogen) atoms. The van der Waals surface area contributed by atoms with Crippen LogP contribution in [0, 0.1) is 0 Å². The highest BCUT2D eigenvalue weighted by atomic mass is 35.5. The standard InChI is InChI=1S/C22H24ClNO4/c1-22(2,3)28-21(26)24-18(15-6-5-7-17(12-15)27-4)13-19(25)20(24)14-8-10-16(23)11-9-14/h5-13,19-20,25H,1-4H3/t19-,20+/m1/s1. The molecule has 0 fully saturated rings. The molecule has 0 unspecified atom stereocenters. The van der Waals surface area contributed by atoms with Crippen LogP contribution in [0.2, 0.25) is 5.02 Å². The molecule has 0 aliphatic carbocycles. The van der Waals surface area contributed by atoms with Crippen molar-refractivity contribution < 1.29 is 19.4 Å². The first-order valence-electron chi connectivity index (χ1n) is 9.01. The number of hydrogen-bond donors (Lipinski definition) is 1. The van der Waals surface area contributed by atoms with Crippen molar-refractivity contribution in [1.82, 2.24) is 4.90 Å². The number of hydrogen-bond acceptors (Lipinski definition) is 4. The molecule has 0 spiro atoms. The van der Waals surface area contributed by atoms with Gasteiger partial charge in [0.15, 0.2) is 0 Å². The van der Waals surface area contributed by atoms with Gasteiger partial charge in [0, 0.05) is 10.6 Å². The number of carbonyl (C=O) groups is 1. The smallest absolute Gasteiger partial charge is 0.415 e. The number of aliphatic hydroxyl groups excluding tert-OH is 1. The lowest BCUT2D eigenvalue weighted by Crippen LogP contribution is -2.38. The largest absolute Gasteiger partial charge is 0.497 e. The number of methoxy groups -OCH3 is 1. The highest BCUT2D eigenvalue weighted by Crippen LogP contribution is 2.41. The monoisotopic (exact) mass is 401 g/mol. The van der Waals surface area contributed by atoms with Crippen LogP contribution >= 0.6 is 11.6 Å². The van der Waals surface area contributed by atoms with Gasteiger partial charge in [-0.3, -0.25) is 4.90 Å². The summed E-state index contributed by atoms with van der Waals surface area (Å²) in [5, 5.41) is 11.4. The molecule has 1 aliphatic heterocycles. The van der Waals surface area contributed by atoms with Crippen molar-refractivity contribution in [1.29, 1.82) is 0 Å². The number of amides is 1. The van der Waals surface area contributed by atoms with Gasteiger partial charge in [-0.2, -0.15) is 0 Å². The number of halogens is 1. The van der Waals surface area contributed by atoms with E-state index in [0.717, 1.165) is 11.1 Å². The highest BCUT2D eigenvalue weighted by Gasteiger charge is 2.41. The lowest BCUT2D eigenvalue weighted by molar-refractivity contribution is 0.0221. The molecule has 0 saturated heterocycles. The summed E-state index contributed by atoms with van der Waals surface area (Å²) in [4.78, 5) is 14.6. The third kappa shape index (κ3) is 4.32. The molecule has 1 heterocycles. The molecule has 0 aromatic heterocycles. The Bertz CT molecular complexity index is 886. The molecule has 1 aliphatic rings. The normalized spacial score (nSPS) is 19.4.